The first-order valence-corrected chi connectivity index (χ1v) is 12.2. The molecular formula is C27H27N3O4. The summed E-state index contributed by atoms with van der Waals surface area (Å²) in [4.78, 5) is 43.6. The standard InChI is InChI=1S/C27H27N3O4/c28-15-17-3-5-21(6-4-17)30-24(31)11-23(25(30)32)29(16-22-2-1-7-34-22)26(33)27-12-18-8-19(13-27)10-20(9-18)14-27/h1-7,18-20,23H,8-14,16H2. The fourth-order valence-corrected chi connectivity index (χ4v) is 7.39. The number of carbonyl (C=O) groups excluding carboxylic acids is 3. The van der Waals surface area contributed by atoms with Crippen molar-refractivity contribution in [1.29, 1.82) is 5.26 Å². The summed E-state index contributed by atoms with van der Waals surface area (Å²) < 4.78 is 5.56. The molecule has 1 aromatic carbocycles. The lowest BCUT2D eigenvalue weighted by atomic mass is 9.49. The molecule has 1 aromatic heterocycles. The molecule has 34 heavy (non-hydrogen) atoms. The van der Waals surface area contributed by atoms with Gasteiger partial charge in [-0.1, -0.05) is 0 Å². The third kappa shape index (κ3) is 3.35. The van der Waals surface area contributed by atoms with Gasteiger partial charge in [-0.3, -0.25) is 14.4 Å². The SMILES string of the molecule is N#Cc1ccc(N2C(=O)CC(N(Cc3ccco3)C(=O)C34CC5CC(CC(C5)C3)C4)C2=O)cc1. The van der Waals surface area contributed by atoms with Crippen molar-refractivity contribution in [3.05, 3.63) is 54.0 Å². The van der Waals surface area contributed by atoms with E-state index in [0.29, 0.717) is 34.8 Å². The molecule has 0 radical (unpaired) electrons. The van der Waals surface area contributed by atoms with Crippen LogP contribution in [0, 0.1) is 34.5 Å². The molecule has 0 N–H and O–H groups in total. The van der Waals surface area contributed by atoms with Gasteiger partial charge in [-0.15, -0.1) is 0 Å². The number of nitriles is 1. The maximum atomic E-state index is 14.3. The molecule has 5 fully saturated rings. The van der Waals surface area contributed by atoms with Crippen molar-refractivity contribution >= 4 is 23.4 Å². The molecule has 4 aliphatic carbocycles. The summed E-state index contributed by atoms with van der Waals surface area (Å²) in [6.07, 6.45) is 7.85. The van der Waals surface area contributed by atoms with Crippen molar-refractivity contribution in [2.24, 2.45) is 23.2 Å². The molecule has 1 saturated heterocycles. The van der Waals surface area contributed by atoms with Crippen molar-refractivity contribution in [2.45, 2.75) is 57.5 Å². The largest absolute Gasteiger partial charge is 0.467 e. The third-order valence-corrected chi connectivity index (χ3v) is 8.41. The fraction of sp³-hybridized carbons (Fsp3) is 0.481. The van der Waals surface area contributed by atoms with Crippen molar-refractivity contribution < 1.29 is 18.8 Å². The van der Waals surface area contributed by atoms with Gasteiger partial charge >= 0.3 is 0 Å². The van der Waals surface area contributed by atoms with Crippen LogP contribution in [-0.4, -0.2) is 28.7 Å². The van der Waals surface area contributed by atoms with Crippen LogP contribution in [0.1, 0.15) is 56.3 Å². The summed E-state index contributed by atoms with van der Waals surface area (Å²) >= 11 is 0. The number of anilines is 1. The van der Waals surface area contributed by atoms with Crippen LogP contribution in [0.25, 0.3) is 0 Å². The second-order valence-corrected chi connectivity index (χ2v) is 10.7. The zero-order valence-electron chi connectivity index (χ0n) is 19.0. The van der Waals surface area contributed by atoms with Gasteiger partial charge in [0.1, 0.15) is 11.8 Å². The molecule has 2 aromatic rings. The first kappa shape index (κ1) is 21.2. The summed E-state index contributed by atoms with van der Waals surface area (Å²) in [5.41, 5.74) is 0.458. The van der Waals surface area contributed by atoms with Crippen LogP contribution in [0.4, 0.5) is 5.69 Å². The van der Waals surface area contributed by atoms with Gasteiger partial charge in [0.25, 0.3) is 5.91 Å². The predicted octanol–water partition coefficient (Wildman–Crippen LogP) is 4.03. The summed E-state index contributed by atoms with van der Waals surface area (Å²) in [7, 11) is 0. The Labute approximate surface area is 198 Å². The molecule has 7 rings (SSSR count). The zero-order valence-corrected chi connectivity index (χ0v) is 19.0. The van der Waals surface area contributed by atoms with Gasteiger partial charge < -0.3 is 9.32 Å². The number of amides is 3. The maximum Gasteiger partial charge on any atom is 0.257 e. The molecule has 7 nitrogen and oxygen atoms in total. The second-order valence-electron chi connectivity index (χ2n) is 10.7. The summed E-state index contributed by atoms with van der Waals surface area (Å²) in [5.74, 6) is 1.68. The van der Waals surface area contributed by atoms with E-state index in [1.807, 2.05) is 6.07 Å². The number of nitrogens with zero attached hydrogens (tertiary/aromatic N) is 3. The Bertz CT molecular complexity index is 1140. The minimum Gasteiger partial charge on any atom is -0.467 e. The Morgan fingerprint density at radius 2 is 1.71 bits per heavy atom. The molecule has 1 aliphatic heterocycles. The number of furan rings is 1. The van der Waals surface area contributed by atoms with E-state index in [1.165, 1.54) is 19.3 Å². The summed E-state index contributed by atoms with van der Waals surface area (Å²) in [6, 6.07) is 11.2. The van der Waals surface area contributed by atoms with E-state index in [0.717, 1.165) is 24.2 Å². The lowest BCUT2D eigenvalue weighted by molar-refractivity contribution is -0.162. The van der Waals surface area contributed by atoms with Gasteiger partial charge in [0.2, 0.25) is 11.8 Å². The van der Waals surface area contributed by atoms with Crippen LogP contribution < -0.4 is 4.90 Å². The molecule has 0 spiro atoms. The van der Waals surface area contributed by atoms with E-state index in [2.05, 4.69) is 0 Å². The molecule has 5 aliphatic rings. The van der Waals surface area contributed by atoms with Gasteiger partial charge in [-0.25, -0.2) is 4.90 Å². The van der Waals surface area contributed by atoms with Crippen LogP contribution >= 0.6 is 0 Å². The van der Waals surface area contributed by atoms with Crippen molar-refractivity contribution in [1.82, 2.24) is 4.90 Å². The molecule has 1 atom stereocenters. The summed E-state index contributed by atoms with van der Waals surface area (Å²) in [5, 5.41) is 9.06. The van der Waals surface area contributed by atoms with Gasteiger partial charge in [0.15, 0.2) is 0 Å². The summed E-state index contributed by atoms with van der Waals surface area (Å²) in [6.45, 7) is 0.179. The Morgan fingerprint density at radius 1 is 1.06 bits per heavy atom. The monoisotopic (exact) mass is 457 g/mol. The van der Waals surface area contributed by atoms with Crippen molar-refractivity contribution in [3.8, 4) is 6.07 Å². The van der Waals surface area contributed by atoms with Gasteiger partial charge in [0.05, 0.1) is 42.0 Å². The molecule has 2 heterocycles. The topological polar surface area (TPSA) is 94.6 Å². The lowest BCUT2D eigenvalue weighted by Gasteiger charge is -2.56. The molecular weight excluding hydrogens is 430 g/mol. The number of rotatable bonds is 5. The highest BCUT2D eigenvalue weighted by molar-refractivity contribution is 6.23. The Kier molecular flexibility index (Phi) is 4.87. The van der Waals surface area contributed by atoms with E-state index < -0.39 is 11.5 Å². The van der Waals surface area contributed by atoms with Gasteiger partial charge in [-0.2, -0.15) is 5.26 Å². The van der Waals surface area contributed by atoms with E-state index in [1.54, 1.807) is 47.6 Å². The molecule has 3 amide bonds. The molecule has 4 bridgehead atoms. The number of benzene rings is 1. The van der Waals surface area contributed by atoms with Gasteiger partial charge in [0, 0.05) is 0 Å². The van der Waals surface area contributed by atoms with Crippen molar-refractivity contribution in [2.75, 3.05) is 4.90 Å². The highest BCUT2D eigenvalue weighted by atomic mass is 16.3. The predicted molar refractivity (Wildman–Crippen MR) is 122 cm³/mol. The van der Waals surface area contributed by atoms with Crippen LogP contribution in [0.15, 0.2) is 47.1 Å². The number of imide groups is 1. The van der Waals surface area contributed by atoms with E-state index >= 15 is 0 Å². The minimum atomic E-state index is -0.853. The molecule has 4 saturated carbocycles. The van der Waals surface area contributed by atoms with Crippen LogP contribution in [0.3, 0.4) is 0 Å². The minimum absolute atomic E-state index is 0.0100. The van der Waals surface area contributed by atoms with E-state index in [-0.39, 0.29) is 30.7 Å². The molecule has 1 unspecified atom stereocenters. The first-order chi connectivity index (χ1) is 16.5. The third-order valence-electron chi connectivity index (χ3n) is 8.41. The number of carbonyl (C=O) groups is 3. The molecule has 7 heteroatoms. The second kappa shape index (κ2) is 7.83. The highest BCUT2D eigenvalue weighted by Crippen LogP contribution is 2.60. The fourth-order valence-electron chi connectivity index (χ4n) is 7.39. The van der Waals surface area contributed by atoms with Gasteiger partial charge in [-0.05, 0) is 92.7 Å². The van der Waals surface area contributed by atoms with E-state index in [9.17, 15) is 14.4 Å². The lowest BCUT2D eigenvalue weighted by Crippen LogP contribution is -2.57. The maximum absolute atomic E-state index is 14.3. The van der Waals surface area contributed by atoms with Crippen LogP contribution in [0.5, 0.6) is 0 Å². The van der Waals surface area contributed by atoms with E-state index in [4.69, 9.17) is 9.68 Å². The zero-order chi connectivity index (χ0) is 23.4. The van der Waals surface area contributed by atoms with Crippen molar-refractivity contribution in [3.63, 3.8) is 0 Å². The van der Waals surface area contributed by atoms with Crippen LogP contribution in [0.2, 0.25) is 0 Å². The number of hydrogen-bond acceptors (Lipinski definition) is 5. The Hall–Kier alpha value is -3.40. The quantitative estimate of drug-likeness (QED) is 0.632. The smallest absolute Gasteiger partial charge is 0.257 e. The average molecular weight is 458 g/mol. The van der Waals surface area contributed by atoms with Crippen LogP contribution in [-0.2, 0) is 20.9 Å². The number of hydrogen-bond donors (Lipinski definition) is 0. The first-order valence-electron chi connectivity index (χ1n) is 12.2. The highest BCUT2D eigenvalue weighted by Gasteiger charge is 2.57. The molecule has 174 valence electrons. The Balaban J connectivity index is 1.32. The normalized spacial score (nSPS) is 31.7. The average Bonchev–Trinajstić information content (AvgIpc) is 3.43. The Morgan fingerprint density at radius 3 is 2.26 bits per heavy atom.